The first-order valence-electron chi connectivity index (χ1n) is 31.6. The van der Waals surface area contributed by atoms with Crippen molar-refractivity contribution < 1.29 is 54.4 Å². The number of carbonyl (C=O) groups is 3. The van der Waals surface area contributed by atoms with Crippen LogP contribution in [0.5, 0.6) is 5.75 Å². The van der Waals surface area contributed by atoms with E-state index in [9.17, 15) is 45.1 Å². The lowest BCUT2D eigenvalue weighted by Crippen LogP contribution is -2.36. The zero-order valence-electron chi connectivity index (χ0n) is 53.2. The van der Waals surface area contributed by atoms with E-state index in [4.69, 9.17) is 15.2 Å². The van der Waals surface area contributed by atoms with Crippen molar-refractivity contribution in [3.8, 4) is 5.75 Å². The Morgan fingerprint density at radius 3 is 2.22 bits per heavy atom. The molecule has 6 aromatic rings. The molecule has 0 bridgehead atoms. The van der Waals surface area contributed by atoms with Crippen molar-refractivity contribution in [3.05, 3.63) is 188 Å². The number of nitrogen functional groups attached to an aromatic ring is 1. The molecule has 9 rings (SSSR count). The fraction of sp³-hybridized carbons (Fsp3) is 0.380. The summed E-state index contributed by atoms with van der Waals surface area (Å²) in [5.74, 6) is 0.862. The van der Waals surface area contributed by atoms with Gasteiger partial charge < -0.3 is 30.7 Å². The average Bonchev–Trinajstić information content (AvgIpc) is 1.59. The molecule has 0 saturated heterocycles. The molecule has 7 N–H and O–H groups in total. The number of aryl methyl sites for hydroxylation is 1. The second-order valence-electron chi connectivity index (χ2n) is 25.0. The maximum atomic E-state index is 13.2. The third-order valence-corrected chi connectivity index (χ3v) is 19.3. The number of rotatable bonds is 30. The Kier molecular flexibility index (Phi) is 21.7. The molecule has 1 aliphatic carbocycles. The molecule has 486 valence electrons. The third kappa shape index (κ3) is 16.4. The van der Waals surface area contributed by atoms with Gasteiger partial charge in [0.15, 0.2) is 11.9 Å². The number of Topliss-reactive ketones (excluding diaryl/α,β-unsaturated/α-hetero) is 1. The number of hydrogen-bond acceptors (Lipinski definition) is 14. The predicted molar refractivity (Wildman–Crippen MR) is 359 cm³/mol. The molecule has 3 heterocycles. The lowest BCUT2D eigenvalue weighted by molar-refractivity contribution is -0.438. The van der Waals surface area contributed by atoms with Crippen molar-refractivity contribution >= 4 is 78.0 Å². The third-order valence-electron chi connectivity index (χ3n) is 17.6. The largest absolute Gasteiger partial charge is 0.457 e. The van der Waals surface area contributed by atoms with E-state index < -0.39 is 37.8 Å². The molecule has 3 aliphatic rings. The molecular formula is C71H84N7O12S2+. The summed E-state index contributed by atoms with van der Waals surface area (Å²) in [5, 5.41) is 6.51. The minimum Gasteiger partial charge on any atom is -0.457 e. The van der Waals surface area contributed by atoms with Gasteiger partial charge in [0.25, 0.3) is 38.2 Å². The molecule has 2 aliphatic heterocycles. The van der Waals surface area contributed by atoms with Gasteiger partial charge in [-0.3, -0.25) is 33.3 Å². The van der Waals surface area contributed by atoms with Crippen molar-refractivity contribution in [2.75, 3.05) is 29.0 Å². The lowest BCUT2D eigenvalue weighted by Gasteiger charge is -2.27. The molecule has 5 aromatic carbocycles. The summed E-state index contributed by atoms with van der Waals surface area (Å²) < 4.78 is 82.9. The zero-order chi connectivity index (χ0) is 66.0. The highest BCUT2D eigenvalue weighted by Gasteiger charge is 2.45. The van der Waals surface area contributed by atoms with E-state index in [0.29, 0.717) is 98.9 Å². The van der Waals surface area contributed by atoms with Crippen LogP contribution in [-0.4, -0.2) is 83.7 Å². The van der Waals surface area contributed by atoms with Crippen LogP contribution in [0.2, 0.25) is 0 Å². The Balaban J connectivity index is 0.823. The fourth-order valence-electron chi connectivity index (χ4n) is 12.6. The minimum absolute atomic E-state index is 0.0534. The molecule has 0 radical (unpaired) electrons. The summed E-state index contributed by atoms with van der Waals surface area (Å²) in [6, 6.07) is 29.2. The predicted octanol–water partition coefficient (Wildman–Crippen LogP) is 13.2. The number of hydrogen-bond donors (Lipinski definition) is 6. The van der Waals surface area contributed by atoms with Gasteiger partial charge in [-0.05, 0) is 185 Å². The van der Waals surface area contributed by atoms with Crippen LogP contribution in [0.1, 0.15) is 164 Å². The number of amides is 1. The van der Waals surface area contributed by atoms with Crippen molar-refractivity contribution in [2.45, 2.75) is 171 Å². The van der Waals surface area contributed by atoms with Crippen molar-refractivity contribution in [2.24, 2.45) is 0 Å². The smallest absolute Gasteiger partial charge is 0.295 e. The van der Waals surface area contributed by atoms with Gasteiger partial charge in [0.05, 0.1) is 26.1 Å². The van der Waals surface area contributed by atoms with E-state index in [-0.39, 0.29) is 32.5 Å². The summed E-state index contributed by atoms with van der Waals surface area (Å²) in [7, 11) is -8.90. The number of aromatic nitrogens is 2. The molecule has 1 amide bonds. The molecular weight excluding hydrogens is 1210 g/mol. The molecule has 0 saturated carbocycles. The van der Waals surface area contributed by atoms with Crippen LogP contribution in [0.25, 0.3) is 10.9 Å². The number of nitrogens with two attached hydrogens (primary N) is 1. The quantitative estimate of drug-likeness (QED) is 0.00804. The number of ketones is 1. The first-order valence-corrected chi connectivity index (χ1v) is 34.5. The normalized spacial score (nSPS) is 16.5. The van der Waals surface area contributed by atoms with Crippen LogP contribution < -0.4 is 31.6 Å². The molecule has 0 unspecified atom stereocenters. The van der Waals surface area contributed by atoms with Crippen LogP contribution >= 0.6 is 0 Å². The van der Waals surface area contributed by atoms with E-state index in [2.05, 4.69) is 114 Å². The van der Waals surface area contributed by atoms with Crippen molar-refractivity contribution in [1.82, 2.24) is 15.3 Å². The Morgan fingerprint density at radius 1 is 0.793 bits per heavy atom. The van der Waals surface area contributed by atoms with Gasteiger partial charge in [0.1, 0.15) is 23.8 Å². The Labute approximate surface area is 539 Å². The number of H-pyrrole nitrogens is 1. The van der Waals surface area contributed by atoms with E-state index in [1.807, 2.05) is 6.07 Å². The average molecular weight is 1290 g/mol. The van der Waals surface area contributed by atoms with Crippen molar-refractivity contribution in [3.63, 3.8) is 0 Å². The maximum absolute atomic E-state index is 13.2. The second kappa shape index (κ2) is 29.4. The van der Waals surface area contributed by atoms with E-state index >= 15 is 0 Å². The fourth-order valence-corrected chi connectivity index (χ4v) is 13.6. The van der Waals surface area contributed by atoms with Gasteiger partial charge in [0, 0.05) is 84.5 Å². The summed E-state index contributed by atoms with van der Waals surface area (Å²) in [4.78, 5) is 58.8. The summed E-state index contributed by atoms with van der Waals surface area (Å²) in [5.41, 5.74) is 15.9. The van der Waals surface area contributed by atoms with Crippen molar-refractivity contribution in [1.29, 1.82) is 0 Å². The van der Waals surface area contributed by atoms with Crippen LogP contribution in [0.15, 0.2) is 165 Å². The van der Waals surface area contributed by atoms with E-state index in [1.54, 1.807) is 48.5 Å². The molecule has 0 fully saturated rings. The molecule has 19 nitrogen and oxygen atoms in total. The number of benzene rings is 5. The number of fused-ring (bicyclic) bond motifs is 3. The number of ether oxygens (including phenoxy) is 2. The summed E-state index contributed by atoms with van der Waals surface area (Å²) >= 11 is 0. The molecule has 21 heteroatoms. The van der Waals surface area contributed by atoms with E-state index in [1.165, 1.54) is 35.9 Å². The number of aromatic amines is 1. The van der Waals surface area contributed by atoms with Crippen LogP contribution in [0, 0.1) is 6.92 Å². The van der Waals surface area contributed by atoms with Crippen LogP contribution in [0.4, 0.5) is 23.0 Å². The number of anilines is 3. The lowest BCUT2D eigenvalue weighted by atomic mass is 9.81. The molecule has 0 spiro atoms. The van der Waals surface area contributed by atoms with Gasteiger partial charge in [-0.25, -0.2) is 4.98 Å². The number of nitrogens with zero attached hydrogens (tertiary/aromatic N) is 3. The number of allylic oxidation sites excluding steroid dienone is 7. The number of carbonyl (C=O) groups excluding carboxylic acids is 3. The van der Waals surface area contributed by atoms with Gasteiger partial charge in [0.2, 0.25) is 11.6 Å². The van der Waals surface area contributed by atoms with Gasteiger partial charge >= 0.3 is 0 Å². The Hall–Kier alpha value is -8.50. The molecule has 1 atom stereocenters. The zero-order valence-corrected chi connectivity index (χ0v) is 54.9. The van der Waals surface area contributed by atoms with Gasteiger partial charge in [-0.2, -0.15) is 21.4 Å². The van der Waals surface area contributed by atoms with Gasteiger partial charge in [-0.1, -0.05) is 69.9 Å². The number of unbranched alkanes of at least 4 members (excludes halogenated alkanes) is 6. The topological polar surface area (TPSA) is 280 Å². The second-order valence-corrected chi connectivity index (χ2v) is 27.9. The highest BCUT2D eigenvalue weighted by molar-refractivity contribution is 7.86. The first kappa shape index (κ1) is 67.9. The molecule has 1 aromatic heterocycles. The SMILES string of the molecule is CCCCC[N+]1=C(C=CC2=C(Oc3ccc(S(=O)(=O)O)cc3)C(=CC=C3N(CCCCCC(=O)CCCCC[C@H](NC(=O)c4ccc(NCc5ccc6nc(N)[nH]c(=O)c6c5)cc4)OC=O)c4ccc(C)cc4C3(C)C)CCC2)C(C)(C)c2cc(S(=O)(=O)O)ccc21. The minimum atomic E-state index is -4.45. The summed E-state index contributed by atoms with van der Waals surface area (Å²) in [6.45, 7) is 15.0. The van der Waals surface area contributed by atoms with Gasteiger partial charge in [-0.15, -0.1) is 0 Å². The summed E-state index contributed by atoms with van der Waals surface area (Å²) in [6.07, 6.45) is 18.5. The molecule has 92 heavy (non-hydrogen) atoms. The van der Waals surface area contributed by atoms with Crippen LogP contribution in [0.3, 0.4) is 0 Å². The highest BCUT2D eigenvalue weighted by atomic mass is 32.2. The Morgan fingerprint density at radius 2 is 1.51 bits per heavy atom. The van der Waals surface area contributed by atoms with Crippen LogP contribution in [-0.2, 0) is 51.9 Å². The monoisotopic (exact) mass is 1290 g/mol. The number of nitrogens with one attached hydrogen (secondary N) is 3. The van der Waals surface area contributed by atoms with E-state index in [0.717, 1.165) is 108 Å². The highest BCUT2D eigenvalue weighted by Crippen LogP contribution is 2.49. The first-order chi connectivity index (χ1) is 43.8. The maximum Gasteiger partial charge on any atom is 0.295 e. The Bertz CT molecular complexity index is 4200. The standard InChI is InChI=1S/C71H83N7O12S2/c1-7-8-14-40-77-62-37-34-56(92(86,87)88)44-59(62)71(5,6)64(77)39-27-50-18-16-17-49(66(50)90-54-30-32-55(33-31-54)91(83,84)85)26-38-63-70(3,4)58-42-47(2)22-36-61(58)78(63)41-15-10-12-20-53(80)19-11-9-13-21-65(89-46-79)75-67(81)51-24-28-52(29-25-51)73-45-48-23-35-60-57(43-48)68(82)76-69(72)74-60/h22-39,42-44,46,65H,7-21,40-41,45H2,1-6H3,(H6-,72,73,74,75,76,81,82,83,84,85,86,87,88)/p+1/t65-/m1/s1.